The Morgan fingerprint density at radius 2 is 1.47 bits per heavy atom. The van der Waals surface area contributed by atoms with Crippen molar-refractivity contribution >= 4 is 33.7 Å². The maximum atomic E-state index is 11.1. The molecule has 0 spiro atoms. The van der Waals surface area contributed by atoms with Crippen LogP contribution in [0.2, 0.25) is 0 Å². The smallest absolute Gasteiger partial charge is 0.372 e. The van der Waals surface area contributed by atoms with Crippen molar-refractivity contribution in [2.45, 2.75) is 12.8 Å². The number of hydrogen-bond acceptors (Lipinski definition) is 6. The number of rotatable bonds is 12. The monoisotopic (exact) mass is 340 g/mol. The lowest BCUT2D eigenvalue weighted by molar-refractivity contribution is -0.151. The molecular weight excluding hydrogens is 324 g/mol. The van der Waals surface area contributed by atoms with Crippen LogP contribution in [0.15, 0.2) is 0 Å². The molecule has 0 radical (unpaired) electrons. The van der Waals surface area contributed by atoms with E-state index in [2.05, 4.69) is 15.9 Å². The SMILES string of the molecule is O=C(CCC(=O)C(=O)O)OCCOCCOCCBr. The molecule has 0 saturated carbocycles. The molecular formula is C11H17BrO7. The van der Waals surface area contributed by atoms with E-state index in [1.807, 2.05) is 0 Å². The van der Waals surface area contributed by atoms with Gasteiger partial charge in [-0.3, -0.25) is 9.59 Å². The van der Waals surface area contributed by atoms with Gasteiger partial charge in [-0.05, 0) is 0 Å². The molecule has 0 bridgehead atoms. The molecule has 19 heavy (non-hydrogen) atoms. The van der Waals surface area contributed by atoms with Gasteiger partial charge in [0.2, 0.25) is 5.78 Å². The summed E-state index contributed by atoms with van der Waals surface area (Å²) in [6.07, 6.45) is -0.588. The molecule has 7 nitrogen and oxygen atoms in total. The number of ether oxygens (including phenoxy) is 3. The number of ketones is 1. The molecule has 0 aromatic rings. The molecule has 8 heteroatoms. The highest BCUT2D eigenvalue weighted by atomic mass is 79.9. The molecule has 0 heterocycles. The molecule has 0 amide bonds. The van der Waals surface area contributed by atoms with Gasteiger partial charge in [-0.15, -0.1) is 0 Å². The topological polar surface area (TPSA) is 99.1 Å². The summed E-state index contributed by atoms with van der Waals surface area (Å²) in [6.45, 7) is 1.78. The summed E-state index contributed by atoms with van der Waals surface area (Å²) in [7, 11) is 0. The third-order valence-electron chi connectivity index (χ3n) is 1.88. The van der Waals surface area contributed by atoms with E-state index in [9.17, 15) is 14.4 Å². The van der Waals surface area contributed by atoms with Crippen molar-refractivity contribution < 1.29 is 33.7 Å². The van der Waals surface area contributed by atoms with Gasteiger partial charge >= 0.3 is 11.9 Å². The van der Waals surface area contributed by atoms with Gasteiger partial charge in [-0.25, -0.2) is 4.79 Å². The average molecular weight is 341 g/mol. The maximum absolute atomic E-state index is 11.1. The van der Waals surface area contributed by atoms with Gasteiger partial charge in [0.05, 0.1) is 32.8 Å². The van der Waals surface area contributed by atoms with Gasteiger partial charge in [0.25, 0.3) is 0 Å². The van der Waals surface area contributed by atoms with Gasteiger partial charge in [-0.1, -0.05) is 15.9 Å². The van der Waals surface area contributed by atoms with Crippen molar-refractivity contribution in [2.75, 3.05) is 38.4 Å². The second-order valence-electron chi connectivity index (χ2n) is 3.36. The van der Waals surface area contributed by atoms with Gasteiger partial charge in [0, 0.05) is 11.8 Å². The summed E-state index contributed by atoms with van der Waals surface area (Å²) in [5.41, 5.74) is 0. The summed E-state index contributed by atoms with van der Waals surface area (Å²) >= 11 is 3.21. The molecule has 0 rings (SSSR count). The van der Waals surface area contributed by atoms with E-state index in [1.165, 1.54) is 0 Å². The Labute approximate surface area is 119 Å². The maximum Gasteiger partial charge on any atom is 0.372 e. The number of carbonyl (C=O) groups is 3. The van der Waals surface area contributed by atoms with Crippen LogP contribution in [-0.2, 0) is 28.6 Å². The van der Waals surface area contributed by atoms with Crippen molar-refractivity contribution in [2.24, 2.45) is 0 Å². The van der Waals surface area contributed by atoms with Crippen LogP contribution in [-0.4, -0.2) is 61.2 Å². The van der Waals surface area contributed by atoms with Gasteiger partial charge in [0.1, 0.15) is 6.61 Å². The summed E-state index contributed by atoms with van der Waals surface area (Å²) < 4.78 is 15.0. The predicted molar refractivity (Wildman–Crippen MR) is 68.3 cm³/mol. The fourth-order valence-corrected chi connectivity index (χ4v) is 1.21. The van der Waals surface area contributed by atoms with Crippen LogP contribution in [0.25, 0.3) is 0 Å². The Kier molecular flexibility index (Phi) is 11.4. The molecule has 0 aliphatic carbocycles. The molecule has 0 atom stereocenters. The highest BCUT2D eigenvalue weighted by Gasteiger charge is 2.13. The van der Waals surface area contributed by atoms with Crippen LogP contribution >= 0.6 is 15.9 Å². The number of aliphatic carboxylic acids is 1. The highest BCUT2D eigenvalue weighted by Crippen LogP contribution is 1.95. The Bertz CT molecular complexity index is 293. The number of carboxylic acid groups (broad SMARTS) is 1. The first-order valence-corrected chi connectivity index (χ1v) is 6.83. The van der Waals surface area contributed by atoms with Gasteiger partial charge < -0.3 is 19.3 Å². The Morgan fingerprint density at radius 3 is 2.05 bits per heavy atom. The minimum atomic E-state index is -1.54. The lowest BCUT2D eigenvalue weighted by atomic mass is 10.2. The number of carboxylic acids is 1. The zero-order valence-electron chi connectivity index (χ0n) is 10.4. The van der Waals surface area contributed by atoms with E-state index in [0.29, 0.717) is 19.8 Å². The zero-order chi connectivity index (χ0) is 14.5. The largest absolute Gasteiger partial charge is 0.476 e. The summed E-state index contributed by atoms with van der Waals surface area (Å²) in [6, 6.07) is 0. The van der Waals surface area contributed by atoms with Crippen molar-refractivity contribution in [3.63, 3.8) is 0 Å². The molecule has 1 N–H and O–H groups in total. The Balaban J connectivity index is 3.34. The minimum absolute atomic E-state index is 0.0680. The second kappa shape index (κ2) is 12.1. The van der Waals surface area contributed by atoms with Crippen LogP contribution in [0, 0.1) is 0 Å². The van der Waals surface area contributed by atoms with Crippen LogP contribution in [0.1, 0.15) is 12.8 Å². The number of halogens is 1. The number of Topliss-reactive ketones (excluding diaryl/α,β-unsaturated/α-hetero) is 1. The first-order chi connectivity index (χ1) is 9.07. The number of carbonyl (C=O) groups excluding carboxylic acids is 2. The predicted octanol–water partition coefficient (Wildman–Crippen LogP) is 0.392. The van der Waals surface area contributed by atoms with Crippen LogP contribution in [0.3, 0.4) is 0 Å². The van der Waals surface area contributed by atoms with E-state index in [4.69, 9.17) is 19.3 Å². The van der Waals surface area contributed by atoms with Crippen molar-refractivity contribution in [3.8, 4) is 0 Å². The quantitative estimate of drug-likeness (QED) is 0.237. The summed E-state index contributed by atoms with van der Waals surface area (Å²) in [4.78, 5) is 32.0. The lowest BCUT2D eigenvalue weighted by Crippen LogP contribution is -2.17. The number of hydrogen-bond donors (Lipinski definition) is 1. The molecule has 0 aromatic heterocycles. The fourth-order valence-electron chi connectivity index (χ4n) is 0.986. The Hall–Kier alpha value is -0.990. The van der Waals surface area contributed by atoms with Crippen LogP contribution in [0.5, 0.6) is 0 Å². The fraction of sp³-hybridized carbons (Fsp3) is 0.727. The number of alkyl halides is 1. The molecule has 0 saturated heterocycles. The average Bonchev–Trinajstić information content (AvgIpc) is 2.38. The molecule has 0 fully saturated rings. The molecule has 0 aliphatic heterocycles. The third-order valence-corrected chi connectivity index (χ3v) is 2.20. The van der Waals surface area contributed by atoms with Crippen LogP contribution in [0.4, 0.5) is 0 Å². The van der Waals surface area contributed by atoms with Crippen LogP contribution < -0.4 is 0 Å². The van der Waals surface area contributed by atoms with E-state index in [1.54, 1.807) is 0 Å². The molecule has 0 aromatic carbocycles. The highest BCUT2D eigenvalue weighted by molar-refractivity contribution is 9.09. The van der Waals surface area contributed by atoms with Gasteiger partial charge in [0.15, 0.2) is 0 Å². The minimum Gasteiger partial charge on any atom is -0.476 e. The Morgan fingerprint density at radius 1 is 0.895 bits per heavy atom. The molecule has 110 valence electrons. The third kappa shape index (κ3) is 11.8. The van der Waals surface area contributed by atoms with Crippen molar-refractivity contribution in [1.29, 1.82) is 0 Å². The van der Waals surface area contributed by atoms with E-state index in [0.717, 1.165) is 5.33 Å². The lowest BCUT2D eigenvalue weighted by Gasteiger charge is -2.06. The van der Waals surface area contributed by atoms with E-state index >= 15 is 0 Å². The van der Waals surface area contributed by atoms with Crippen molar-refractivity contribution in [3.05, 3.63) is 0 Å². The zero-order valence-corrected chi connectivity index (χ0v) is 12.0. The van der Waals surface area contributed by atoms with Gasteiger partial charge in [-0.2, -0.15) is 0 Å². The number of esters is 1. The summed E-state index contributed by atoms with van der Waals surface area (Å²) in [5, 5.41) is 9.06. The first-order valence-electron chi connectivity index (χ1n) is 5.71. The van der Waals surface area contributed by atoms with E-state index in [-0.39, 0.29) is 26.1 Å². The normalized spacial score (nSPS) is 10.2. The molecule has 0 aliphatic rings. The van der Waals surface area contributed by atoms with E-state index < -0.39 is 17.7 Å². The second-order valence-corrected chi connectivity index (χ2v) is 4.16. The summed E-state index contributed by atoms with van der Waals surface area (Å²) in [5.74, 6) is -3.16. The van der Waals surface area contributed by atoms with Crippen molar-refractivity contribution in [1.82, 2.24) is 0 Å². The standard InChI is InChI=1S/C11H17BrO7/c12-3-4-17-5-6-18-7-8-19-10(14)2-1-9(13)11(15)16/h1-8H2,(H,15,16). The molecule has 0 unspecified atom stereocenters. The first kappa shape index (κ1) is 18.0.